The first kappa shape index (κ1) is 13.9. The van der Waals surface area contributed by atoms with Crippen LogP contribution in [-0.4, -0.2) is 50.8 Å². The summed E-state index contributed by atoms with van der Waals surface area (Å²) in [7, 11) is 3.87. The lowest BCUT2D eigenvalue weighted by Crippen LogP contribution is -2.50. The monoisotopic (exact) mass is 228 g/mol. The summed E-state index contributed by atoms with van der Waals surface area (Å²) in [5.74, 6) is 1.39. The van der Waals surface area contributed by atoms with Crippen LogP contribution in [0, 0.1) is 11.8 Å². The van der Waals surface area contributed by atoms with Crippen LogP contribution >= 0.6 is 0 Å². The van der Waals surface area contributed by atoms with Gasteiger partial charge in [-0.3, -0.25) is 4.90 Å². The Morgan fingerprint density at radius 3 is 2.69 bits per heavy atom. The highest BCUT2D eigenvalue weighted by Gasteiger charge is 2.30. The molecule has 1 rings (SSSR count). The highest BCUT2D eigenvalue weighted by atomic mass is 16.5. The third-order valence-corrected chi connectivity index (χ3v) is 4.15. The Morgan fingerprint density at radius 1 is 1.44 bits per heavy atom. The maximum atomic E-state index is 5.57. The van der Waals surface area contributed by atoms with Gasteiger partial charge in [0.15, 0.2) is 0 Å². The molecule has 1 saturated heterocycles. The first-order chi connectivity index (χ1) is 7.60. The first-order valence-electron chi connectivity index (χ1n) is 6.51. The zero-order valence-corrected chi connectivity index (χ0v) is 11.5. The van der Waals surface area contributed by atoms with Crippen LogP contribution in [0.2, 0.25) is 0 Å². The van der Waals surface area contributed by atoms with Gasteiger partial charge >= 0.3 is 0 Å². The summed E-state index contributed by atoms with van der Waals surface area (Å²) in [6, 6.07) is 0.637. The Kier molecular flexibility index (Phi) is 5.73. The molecule has 0 aliphatic carbocycles. The van der Waals surface area contributed by atoms with E-state index in [9.17, 15) is 0 Å². The van der Waals surface area contributed by atoms with Gasteiger partial charge in [-0.05, 0) is 45.3 Å². The van der Waals surface area contributed by atoms with Gasteiger partial charge in [-0.25, -0.2) is 0 Å². The van der Waals surface area contributed by atoms with Crippen molar-refractivity contribution in [3.8, 4) is 0 Å². The molecule has 1 fully saturated rings. The van der Waals surface area contributed by atoms with Crippen LogP contribution in [0.3, 0.4) is 0 Å². The van der Waals surface area contributed by atoms with Gasteiger partial charge in [0, 0.05) is 19.7 Å². The fourth-order valence-electron chi connectivity index (χ4n) is 2.59. The summed E-state index contributed by atoms with van der Waals surface area (Å²) in [6.45, 7) is 10.4. The van der Waals surface area contributed by atoms with Crippen molar-refractivity contribution in [3.05, 3.63) is 0 Å². The molecule has 0 spiro atoms. The molecule has 1 aliphatic rings. The zero-order chi connectivity index (χ0) is 12.1. The van der Waals surface area contributed by atoms with E-state index in [2.05, 4.69) is 31.0 Å². The Balaban J connectivity index is 2.47. The summed E-state index contributed by atoms with van der Waals surface area (Å²) < 4.78 is 5.57. The SMILES string of the molecule is CNCC(C)C(C)N1CCC(C)C(OC)C1. The van der Waals surface area contributed by atoms with Gasteiger partial charge < -0.3 is 10.1 Å². The van der Waals surface area contributed by atoms with E-state index >= 15 is 0 Å². The lowest BCUT2D eigenvalue weighted by Gasteiger charge is -2.41. The lowest BCUT2D eigenvalue weighted by molar-refractivity contribution is -0.0236. The summed E-state index contributed by atoms with van der Waals surface area (Å²) >= 11 is 0. The standard InChI is InChI=1S/C13H28N2O/c1-10-6-7-15(9-13(10)16-5)12(3)11(2)8-14-4/h10-14H,6-9H2,1-5H3. The van der Waals surface area contributed by atoms with Crippen molar-refractivity contribution in [1.29, 1.82) is 0 Å². The lowest BCUT2D eigenvalue weighted by atomic mass is 9.92. The summed E-state index contributed by atoms with van der Waals surface area (Å²) in [5, 5.41) is 3.26. The van der Waals surface area contributed by atoms with Crippen molar-refractivity contribution in [2.45, 2.75) is 39.3 Å². The van der Waals surface area contributed by atoms with E-state index in [0.29, 0.717) is 24.0 Å². The zero-order valence-electron chi connectivity index (χ0n) is 11.5. The van der Waals surface area contributed by atoms with Crippen molar-refractivity contribution >= 4 is 0 Å². The van der Waals surface area contributed by atoms with Crippen molar-refractivity contribution in [1.82, 2.24) is 10.2 Å². The van der Waals surface area contributed by atoms with E-state index < -0.39 is 0 Å². The average molecular weight is 228 g/mol. The van der Waals surface area contributed by atoms with Crippen LogP contribution in [0.25, 0.3) is 0 Å². The number of likely N-dealkylation sites (tertiary alicyclic amines) is 1. The number of ether oxygens (including phenoxy) is 1. The molecular formula is C13H28N2O. The molecule has 4 unspecified atom stereocenters. The summed E-state index contributed by atoms with van der Waals surface area (Å²) in [6.07, 6.45) is 1.67. The number of rotatable bonds is 5. The van der Waals surface area contributed by atoms with E-state index in [-0.39, 0.29) is 0 Å². The fraction of sp³-hybridized carbons (Fsp3) is 1.00. The second-order valence-corrected chi connectivity index (χ2v) is 5.31. The van der Waals surface area contributed by atoms with Crippen molar-refractivity contribution in [3.63, 3.8) is 0 Å². The predicted octanol–water partition coefficient (Wildman–Crippen LogP) is 1.59. The summed E-state index contributed by atoms with van der Waals surface area (Å²) in [5.41, 5.74) is 0. The van der Waals surface area contributed by atoms with E-state index in [1.807, 2.05) is 14.2 Å². The highest BCUT2D eigenvalue weighted by molar-refractivity contribution is 4.83. The van der Waals surface area contributed by atoms with Crippen molar-refractivity contribution < 1.29 is 4.74 Å². The molecule has 1 aliphatic heterocycles. The van der Waals surface area contributed by atoms with Crippen LogP contribution in [0.1, 0.15) is 27.2 Å². The molecule has 1 heterocycles. The maximum Gasteiger partial charge on any atom is 0.0724 e. The minimum absolute atomic E-state index is 0.415. The van der Waals surface area contributed by atoms with Crippen LogP contribution in [0.5, 0.6) is 0 Å². The normalized spacial score (nSPS) is 31.3. The van der Waals surface area contributed by atoms with Crippen LogP contribution in [0.15, 0.2) is 0 Å². The van der Waals surface area contributed by atoms with E-state index in [1.165, 1.54) is 13.0 Å². The number of methoxy groups -OCH3 is 1. The number of nitrogens with one attached hydrogen (secondary N) is 1. The van der Waals surface area contributed by atoms with Gasteiger partial charge in [0.2, 0.25) is 0 Å². The predicted molar refractivity (Wildman–Crippen MR) is 68.7 cm³/mol. The van der Waals surface area contributed by atoms with Gasteiger partial charge in [0.25, 0.3) is 0 Å². The Labute approximate surface area is 101 Å². The molecule has 16 heavy (non-hydrogen) atoms. The molecule has 1 N–H and O–H groups in total. The molecule has 0 aromatic rings. The van der Waals surface area contributed by atoms with Gasteiger partial charge in [0.05, 0.1) is 6.10 Å². The van der Waals surface area contributed by atoms with Crippen molar-refractivity contribution in [2.75, 3.05) is 33.8 Å². The topological polar surface area (TPSA) is 24.5 Å². The van der Waals surface area contributed by atoms with Gasteiger partial charge in [-0.2, -0.15) is 0 Å². The fourth-order valence-corrected chi connectivity index (χ4v) is 2.59. The molecule has 96 valence electrons. The maximum absolute atomic E-state index is 5.57. The van der Waals surface area contributed by atoms with Crippen LogP contribution < -0.4 is 5.32 Å². The van der Waals surface area contributed by atoms with Gasteiger partial charge in [-0.1, -0.05) is 13.8 Å². The van der Waals surface area contributed by atoms with Gasteiger partial charge in [-0.15, -0.1) is 0 Å². The number of hydrogen-bond donors (Lipinski definition) is 1. The molecule has 3 nitrogen and oxygen atoms in total. The molecular weight excluding hydrogens is 200 g/mol. The molecule has 0 saturated carbocycles. The smallest absolute Gasteiger partial charge is 0.0724 e. The van der Waals surface area contributed by atoms with Crippen molar-refractivity contribution in [2.24, 2.45) is 11.8 Å². The molecule has 0 radical (unpaired) electrons. The minimum Gasteiger partial charge on any atom is -0.380 e. The largest absolute Gasteiger partial charge is 0.380 e. The molecule has 0 aromatic carbocycles. The summed E-state index contributed by atoms with van der Waals surface area (Å²) in [4.78, 5) is 2.58. The van der Waals surface area contributed by atoms with Crippen LogP contribution in [-0.2, 0) is 4.74 Å². The third kappa shape index (κ3) is 3.44. The van der Waals surface area contributed by atoms with E-state index in [4.69, 9.17) is 4.74 Å². The quantitative estimate of drug-likeness (QED) is 0.773. The molecule has 0 aromatic heterocycles. The third-order valence-electron chi connectivity index (χ3n) is 4.15. The molecule has 3 heteroatoms. The average Bonchev–Trinajstić information content (AvgIpc) is 2.29. The van der Waals surface area contributed by atoms with Gasteiger partial charge in [0.1, 0.15) is 0 Å². The minimum atomic E-state index is 0.415. The first-order valence-corrected chi connectivity index (χ1v) is 6.51. The molecule has 0 bridgehead atoms. The molecule has 4 atom stereocenters. The second-order valence-electron chi connectivity index (χ2n) is 5.31. The highest BCUT2D eigenvalue weighted by Crippen LogP contribution is 2.23. The van der Waals surface area contributed by atoms with Crippen LogP contribution in [0.4, 0.5) is 0 Å². The Bertz CT molecular complexity index is 198. The Hall–Kier alpha value is -0.120. The Morgan fingerprint density at radius 2 is 2.12 bits per heavy atom. The number of piperidine rings is 1. The van der Waals surface area contributed by atoms with E-state index in [0.717, 1.165) is 13.1 Å². The number of nitrogens with zero attached hydrogens (tertiary/aromatic N) is 1. The van der Waals surface area contributed by atoms with E-state index in [1.54, 1.807) is 0 Å². The number of hydrogen-bond acceptors (Lipinski definition) is 3. The molecule has 0 amide bonds. The second kappa shape index (κ2) is 6.58.